The Labute approximate surface area is 568 Å². The van der Waals surface area contributed by atoms with Crippen molar-refractivity contribution < 1.29 is 85.2 Å². The molecule has 0 saturated carbocycles. The SMILES string of the molecule is CC[C@H](C)[C@@H]([C@@H](CC(=O)N1CCC[C@H]1[C@H](OC)[C@@H](C)C(=O)N[C@@H](Cc1ccccc1)c1nccs1)OC)N(C)C(=O)[C@@H](NC(=O)C(C)(C)NC(=O)OCc1ccc(NC(=O)[C@H](CCCNC(N)=O)NC(=O)[C@@H](NC(=O)[C@H](CN)NC(C)=O)C(C)C)cc1)C(C)C.O=C(O)C(F)(F)F. The summed E-state index contributed by atoms with van der Waals surface area (Å²) in [4.78, 5) is 151. The number of amides is 11. The van der Waals surface area contributed by atoms with Crippen molar-refractivity contribution in [3.63, 3.8) is 0 Å². The van der Waals surface area contributed by atoms with Crippen LogP contribution in [0.15, 0.2) is 66.2 Å². The molecule has 1 fully saturated rings. The number of halogens is 3. The lowest BCUT2D eigenvalue weighted by Gasteiger charge is -2.41. The number of nitrogens with zero attached hydrogens (tertiary/aromatic N) is 3. The molecule has 13 N–H and O–H groups in total. The number of ether oxygens (including phenoxy) is 3. The van der Waals surface area contributed by atoms with Gasteiger partial charge in [0.15, 0.2) is 0 Å². The van der Waals surface area contributed by atoms with Crippen LogP contribution in [0, 0.1) is 23.7 Å². The molecule has 97 heavy (non-hydrogen) atoms. The number of likely N-dealkylation sites (N-methyl/N-ethyl adjacent to an activating group) is 1. The fourth-order valence-electron chi connectivity index (χ4n) is 10.8. The Hall–Kier alpha value is -8.49. The normalized spacial score (nSPS) is 16.2. The number of nitrogens with two attached hydrogens (primary N) is 2. The van der Waals surface area contributed by atoms with Gasteiger partial charge < -0.3 is 83.1 Å². The van der Waals surface area contributed by atoms with Gasteiger partial charge >= 0.3 is 24.3 Å². The van der Waals surface area contributed by atoms with Crippen LogP contribution in [0.5, 0.6) is 0 Å². The van der Waals surface area contributed by atoms with Crippen LogP contribution in [0.3, 0.4) is 0 Å². The molecule has 0 spiro atoms. The third kappa shape index (κ3) is 26.5. The number of aliphatic carboxylic acids is 1. The molecule has 0 aliphatic carbocycles. The van der Waals surface area contributed by atoms with Gasteiger partial charge in [-0.05, 0) is 87.0 Å². The summed E-state index contributed by atoms with van der Waals surface area (Å²) in [6, 6.07) is 9.52. The van der Waals surface area contributed by atoms with Gasteiger partial charge in [0.2, 0.25) is 47.3 Å². The number of carbonyl (C=O) groups excluding carboxylic acids is 10. The number of hydrogen-bond acceptors (Lipinski definition) is 17. The third-order valence-corrected chi connectivity index (χ3v) is 17.3. The van der Waals surface area contributed by atoms with Crippen LogP contribution in [0.1, 0.15) is 130 Å². The van der Waals surface area contributed by atoms with Crippen molar-refractivity contribution in [1.82, 2.24) is 52.0 Å². The summed E-state index contributed by atoms with van der Waals surface area (Å²) in [5.74, 6) is -8.46. The number of alkyl carbamates (subject to hydrolysis) is 1. The van der Waals surface area contributed by atoms with E-state index in [9.17, 15) is 61.1 Å². The highest BCUT2D eigenvalue weighted by molar-refractivity contribution is 7.09. The molecule has 1 aromatic heterocycles. The molecule has 32 heteroatoms. The lowest BCUT2D eigenvalue weighted by atomic mass is 9.89. The molecule has 2 heterocycles. The maximum atomic E-state index is 14.7. The number of carboxylic acids is 1. The molecule has 0 bridgehead atoms. The number of methoxy groups -OCH3 is 2. The van der Waals surface area contributed by atoms with Gasteiger partial charge in [-0.1, -0.05) is 97.4 Å². The van der Waals surface area contributed by atoms with Crippen molar-refractivity contribution in [2.24, 2.45) is 35.1 Å². The van der Waals surface area contributed by atoms with E-state index in [-0.39, 0.29) is 62.7 Å². The van der Waals surface area contributed by atoms with Crippen LogP contribution in [0.4, 0.5) is 28.4 Å². The summed E-state index contributed by atoms with van der Waals surface area (Å²) >= 11 is 1.47. The van der Waals surface area contributed by atoms with Crippen LogP contribution >= 0.6 is 11.3 Å². The average Bonchev–Trinajstić information content (AvgIpc) is 1.75. The molecule has 0 unspecified atom stereocenters. The first-order chi connectivity index (χ1) is 45.5. The van der Waals surface area contributed by atoms with Gasteiger partial charge in [-0.25, -0.2) is 19.4 Å². The average molecular weight is 1390 g/mol. The quantitative estimate of drug-likeness (QED) is 0.0363. The predicted octanol–water partition coefficient (Wildman–Crippen LogP) is 4.42. The number of benzene rings is 2. The van der Waals surface area contributed by atoms with E-state index < -0.39 is 131 Å². The number of carbonyl (C=O) groups is 11. The molecular formula is C65H98F3N13O15S. The van der Waals surface area contributed by atoms with Gasteiger partial charge in [-0.2, -0.15) is 13.2 Å². The zero-order valence-electron chi connectivity index (χ0n) is 57.3. The first-order valence-electron chi connectivity index (χ1n) is 31.9. The van der Waals surface area contributed by atoms with E-state index in [1.165, 1.54) is 39.2 Å². The highest BCUT2D eigenvalue weighted by atomic mass is 32.1. The highest BCUT2D eigenvalue weighted by Gasteiger charge is 2.44. The molecule has 1 saturated heterocycles. The number of hydrogen-bond donors (Lipinski definition) is 11. The van der Waals surface area contributed by atoms with E-state index in [1.54, 1.807) is 82.1 Å². The Bertz CT molecular complexity index is 3080. The van der Waals surface area contributed by atoms with Gasteiger partial charge in [0.05, 0.1) is 42.7 Å². The van der Waals surface area contributed by atoms with E-state index in [1.807, 2.05) is 56.5 Å². The number of thiazole rings is 1. The number of likely N-dealkylation sites (tertiary alicyclic amines) is 1. The number of carboxylic acid groups (broad SMARTS) is 1. The molecule has 11 atom stereocenters. The predicted molar refractivity (Wildman–Crippen MR) is 354 cm³/mol. The fraction of sp³-hybridized carbons (Fsp3) is 0.600. The molecule has 4 rings (SSSR count). The van der Waals surface area contributed by atoms with Crippen molar-refractivity contribution in [1.29, 1.82) is 0 Å². The van der Waals surface area contributed by atoms with E-state index >= 15 is 0 Å². The Morgan fingerprint density at radius 1 is 0.804 bits per heavy atom. The molecule has 540 valence electrons. The summed E-state index contributed by atoms with van der Waals surface area (Å²) < 4.78 is 49.4. The second-order valence-corrected chi connectivity index (χ2v) is 25.9. The van der Waals surface area contributed by atoms with E-state index in [4.69, 9.17) is 35.6 Å². The second-order valence-electron chi connectivity index (χ2n) is 24.9. The molecular weight excluding hydrogens is 1290 g/mol. The maximum absolute atomic E-state index is 14.7. The van der Waals surface area contributed by atoms with Crippen molar-refractivity contribution >= 4 is 82.4 Å². The van der Waals surface area contributed by atoms with E-state index in [2.05, 4.69) is 47.5 Å². The lowest BCUT2D eigenvalue weighted by Crippen LogP contribution is -2.62. The largest absolute Gasteiger partial charge is 0.490 e. The van der Waals surface area contributed by atoms with Gasteiger partial charge in [-0.15, -0.1) is 11.3 Å². The van der Waals surface area contributed by atoms with Crippen molar-refractivity contribution in [3.05, 3.63) is 82.3 Å². The molecule has 28 nitrogen and oxygen atoms in total. The van der Waals surface area contributed by atoms with Gasteiger partial charge in [0, 0.05) is 65.1 Å². The number of rotatable bonds is 35. The van der Waals surface area contributed by atoms with Crippen LogP contribution in [0.2, 0.25) is 0 Å². The highest BCUT2D eigenvalue weighted by Crippen LogP contribution is 2.31. The summed E-state index contributed by atoms with van der Waals surface area (Å²) in [5.41, 5.74) is 11.2. The molecule has 0 radical (unpaired) electrons. The van der Waals surface area contributed by atoms with Crippen molar-refractivity contribution in [2.45, 2.75) is 187 Å². The summed E-state index contributed by atoms with van der Waals surface area (Å²) in [7, 11) is 4.69. The van der Waals surface area contributed by atoms with Crippen molar-refractivity contribution in [3.8, 4) is 0 Å². The Morgan fingerprint density at radius 3 is 1.96 bits per heavy atom. The molecule has 11 amide bonds. The second kappa shape index (κ2) is 39.7. The smallest absolute Gasteiger partial charge is 0.475 e. The number of aromatic nitrogens is 1. The van der Waals surface area contributed by atoms with Gasteiger partial charge in [-0.3, -0.25) is 38.4 Å². The zero-order valence-corrected chi connectivity index (χ0v) is 58.2. The Kier molecular flexibility index (Phi) is 33.8. The molecule has 3 aromatic rings. The summed E-state index contributed by atoms with van der Waals surface area (Å²) in [5, 5.41) is 31.3. The lowest BCUT2D eigenvalue weighted by molar-refractivity contribution is -0.192. The number of nitrogens with one attached hydrogen (secondary N) is 8. The molecule has 2 aromatic carbocycles. The van der Waals surface area contributed by atoms with Crippen molar-refractivity contribution in [2.75, 3.05) is 46.2 Å². The third-order valence-electron chi connectivity index (χ3n) is 16.4. The fourth-order valence-corrected chi connectivity index (χ4v) is 11.5. The molecule has 1 aliphatic rings. The Morgan fingerprint density at radius 2 is 1.43 bits per heavy atom. The maximum Gasteiger partial charge on any atom is 0.490 e. The number of urea groups is 1. The monoisotopic (exact) mass is 1390 g/mol. The standard InChI is InChI=1S/C63H97N13O13S.C2HF3O2/c1-14-38(6)52(48(87-12)33-49(78)76-30-19-23-47(76)53(88-13)39(7)54(79)71-45(58-66-29-31-90-58)32-41-20-16-15-17-21-41)75(11)59(83)51(37(4)5)73-60(84)63(9,10)74-62(86)89-35-42-24-26-43(27-25-42)69-55(80)44(22-18-28-67-61(65)85)70-57(82)50(36(2)3)72-56(81)46(34-64)68-40(8)77;3-2(4,5)1(6)7/h15-17,20-21,24-27,29,31,36-39,44-48,50-53H,14,18-19,22-23,28,30,32-35,64H2,1-13H3,(H,68,77)(H,69,80)(H,70,82)(H,71,79)(H,72,81)(H,73,84)(H,74,86)(H3,65,67,85);(H,6,7)/t38-,39+,44-,45-,46-,47-,48+,50-,51-,52-,53+;/m0./s1. The minimum absolute atomic E-state index is 0.0565. The number of alkyl halides is 3. The first-order valence-corrected chi connectivity index (χ1v) is 32.8. The topological polar surface area (TPSA) is 403 Å². The van der Waals surface area contributed by atoms with Gasteiger partial charge in [0.25, 0.3) is 0 Å². The minimum atomic E-state index is -5.08. The molecule has 1 aliphatic heterocycles. The van der Waals surface area contributed by atoms with Crippen LogP contribution < -0.4 is 54.0 Å². The minimum Gasteiger partial charge on any atom is -0.475 e. The van der Waals surface area contributed by atoms with Crippen LogP contribution in [-0.4, -0.2) is 186 Å². The summed E-state index contributed by atoms with van der Waals surface area (Å²) in [6.07, 6.45) is -3.01. The van der Waals surface area contributed by atoms with Crippen LogP contribution in [-0.2, 0) is 70.4 Å². The van der Waals surface area contributed by atoms with E-state index in [0.717, 1.165) is 10.6 Å². The summed E-state index contributed by atoms with van der Waals surface area (Å²) in [6.45, 7) is 16.9. The zero-order chi connectivity index (χ0) is 73.1. The number of primary amides is 1. The van der Waals surface area contributed by atoms with E-state index in [0.29, 0.717) is 43.5 Å². The van der Waals surface area contributed by atoms with Gasteiger partial charge in [0.1, 0.15) is 41.3 Å². The Balaban J connectivity index is 0.00000330. The van der Waals surface area contributed by atoms with Crippen LogP contribution in [0.25, 0.3) is 0 Å². The first kappa shape index (κ1) is 82.7. The number of anilines is 1.